The standard InChI is InChI=1S/C15H20O9/c1-6(17)11-8(18)3-7(22-2)4-9(11)23-15-14(21)13(20)12(19)10(5-16)24-15/h3-4,10,12-16,18-21H,5H2,1-2H3. The Kier molecular flexibility index (Phi) is 5.62. The van der Waals surface area contributed by atoms with Crippen molar-refractivity contribution in [1.29, 1.82) is 0 Å². The van der Waals surface area contributed by atoms with Crippen molar-refractivity contribution in [2.45, 2.75) is 37.6 Å². The molecule has 0 bridgehead atoms. The van der Waals surface area contributed by atoms with E-state index in [1.807, 2.05) is 0 Å². The molecule has 1 aliphatic heterocycles. The van der Waals surface area contributed by atoms with Gasteiger partial charge in [0.2, 0.25) is 6.29 Å². The highest BCUT2D eigenvalue weighted by atomic mass is 16.7. The van der Waals surface area contributed by atoms with Crippen molar-refractivity contribution in [2.75, 3.05) is 13.7 Å². The fourth-order valence-electron chi connectivity index (χ4n) is 2.43. The maximum Gasteiger partial charge on any atom is 0.229 e. The predicted molar refractivity (Wildman–Crippen MR) is 79.1 cm³/mol. The Hall–Kier alpha value is -1.91. The van der Waals surface area contributed by atoms with Gasteiger partial charge in [-0.3, -0.25) is 4.79 Å². The van der Waals surface area contributed by atoms with Gasteiger partial charge in [-0.1, -0.05) is 0 Å². The number of methoxy groups -OCH3 is 1. The van der Waals surface area contributed by atoms with E-state index in [-0.39, 0.29) is 22.8 Å². The summed E-state index contributed by atoms with van der Waals surface area (Å²) in [6.07, 6.45) is -7.44. The number of phenolic OH excluding ortho intramolecular Hbond substituents is 1. The number of aromatic hydroxyl groups is 1. The molecule has 9 nitrogen and oxygen atoms in total. The fraction of sp³-hybridized carbons (Fsp3) is 0.533. The highest BCUT2D eigenvalue weighted by Crippen LogP contribution is 2.35. The van der Waals surface area contributed by atoms with Gasteiger partial charge in [-0.05, 0) is 6.92 Å². The number of benzene rings is 1. The van der Waals surface area contributed by atoms with Gasteiger partial charge < -0.3 is 39.7 Å². The van der Waals surface area contributed by atoms with E-state index < -0.39 is 43.1 Å². The van der Waals surface area contributed by atoms with Gasteiger partial charge in [-0.15, -0.1) is 0 Å². The van der Waals surface area contributed by atoms with Crippen LogP contribution in [-0.4, -0.2) is 75.7 Å². The molecule has 1 fully saturated rings. The number of phenols is 1. The van der Waals surface area contributed by atoms with E-state index in [2.05, 4.69) is 0 Å². The molecule has 0 aliphatic carbocycles. The zero-order chi connectivity index (χ0) is 18.0. The van der Waals surface area contributed by atoms with Gasteiger partial charge in [0.15, 0.2) is 5.78 Å². The lowest BCUT2D eigenvalue weighted by atomic mass is 9.99. The van der Waals surface area contributed by atoms with E-state index >= 15 is 0 Å². The number of carbonyl (C=O) groups excluding carboxylic acids is 1. The van der Waals surface area contributed by atoms with Crippen molar-refractivity contribution in [3.63, 3.8) is 0 Å². The molecule has 0 amide bonds. The van der Waals surface area contributed by atoms with Crippen molar-refractivity contribution in [3.8, 4) is 17.2 Å². The van der Waals surface area contributed by atoms with E-state index in [9.17, 15) is 30.3 Å². The van der Waals surface area contributed by atoms with Gasteiger partial charge in [-0.25, -0.2) is 0 Å². The van der Waals surface area contributed by atoms with E-state index in [0.717, 1.165) is 0 Å². The molecule has 5 unspecified atom stereocenters. The summed E-state index contributed by atoms with van der Waals surface area (Å²) in [6, 6.07) is 2.52. The first-order valence-corrected chi connectivity index (χ1v) is 7.19. The number of aliphatic hydroxyl groups is 4. The number of hydrogen-bond acceptors (Lipinski definition) is 9. The molecule has 0 saturated carbocycles. The van der Waals surface area contributed by atoms with Crippen LogP contribution in [0.3, 0.4) is 0 Å². The lowest BCUT2D eigenvalue weighted by Crippen LogP contribution is -2.60. The van der Waals surface area contributed by atoms with E-state index in [1.54, 1.807) is 0 Å². The average Bonchev–Trinajstić information content (AvgIpc) is 2.54. The molecule has 1 aromatic carbocycles. The lowest BCUT2D eigenvalue weighted by molar-refractivity contribution is -0.277. The van der Waals surface area contributed by atoms with Gasteiger partial charge in [-0.2, -0.15) is 0 Å². The van der Waals surface area contributed by atoms with Gasteiger partial charge in [0.1, 0.15) is 47.2 Å². The maximum absolute atomic E-state index is 11.7. The van der Waals surface area contributed by atoms with Crippen LogP contribution in [0.4, 0.5) is 0 Å². The Bertz CT molecular complexity index is 601. The van der Waals surface area contributed by atoms with Crippen molar-refractivity contribution < 1.29 is 44.5 Å². The van der Waals surface area contributed by atoms with Crippen molar-refractivity contribution in [2.24, 2.45) is 0 Å². The third-order valence-electron chi connectivity index (χ3n) is 3.73. The van der Waals surface area contributed by atoms with Crippen LogP contribution in [0.5, 0.6) is 17.2 Å². The quantitative estimate of drug-likeness (QED) is 0.415. The molecule has 0 spiro atoms. The number of Topliss-reactive ketones (excluding diaryl/α,β-unsaturated/α-hetero) is 1. The van der Waals surface area contributed by atoms with Gasteiger partial charge in [0.25, 0.3) is 0 Å². The normalized spacial score (nSPS) is 30.0. The third-order valence-corrected chi connectivity index (χ3v) is 3.73. The van der Waals surface area contributed by atoms with Crippen LogP contribution in [0.2, 0.25) is 0 Å². The minimum atomic E-state index is -1.64. The van der Waals surface area contributed by atoms with E-state index in [1.165, 1.54) is 26.2 Å². The number of carbonyl (C=O) groups is 1. The van der Waals surface area contributed by atoms with Crippen LogP contribution in [0, 0.1) is 0 Å². The Morgan fingerprint density at radius 3 is 2.42 bits per heavy atom. The molecule has 1 aliphatic rings. The SMILES string of the molecule is COc1cc(O)c(C(C)=O)c(OC2OC(CO)C(O)C(O)C2O)c1. The topological polar surface area (TPSA) is 146 Å². The van der Waals surface area contributed by atoms with Crippen LogP contribution in [-0.2, 0) is 4.74 Å². The second-order valence-electron chi connectivity index (χ2n) is 5.39. The molecule has 134 valence electrons. The molecule has 0 aromatic heterocycles. The van der Waals surface area contributed by atoms with Crippen LogP contribution >= 0.6 is 0 Å². The van der Waals surface area contributed by atoms with Gasteiger partial charge in [0, 0.05) is 12.1 Å². The second-order valence-corrected chi connectivity index (χ2v) is 5.39. The summed E-state index contributed by atoms with van der Waals surface area (Å²) in [6.45, 7) is 0.593. The van der Waals surface area contributed by atoms with Gasteiger partial charge >= 0.3 is 0 Å². The van der Waals surface area contributed by atoms with Crippen molar-refractivity contribution in [3.05, 3.63) is 17.7 Å². The second kappa shape index (κ2) is 7.32. The van der Waals surface area contributed by atoms with Crippen LogP contribution in [0.15, 0.2) is 12.1 Å². The Morgan fingerprint density at radius 1 is 1.21 bits per heavy atom. The van der Waals surface area contributed by atoms with Crippen molar-refractivity contribution >= 4 is 5.78 Å². The maximum atomic E-state index is 11.7. The third kappa shape index (κ3) is 3.45. The zero-order valence-electron chi connectivity index (χ0n) is 13.1. The lowest BCUT2D eigenvalue weighted by Gasteiger charge is -2.39. The Morgan fingerprint density at radius 2 is 1.88 bits per heavy atom. The molecule has 1 heterocycles. The van der Waals surface area contributed by atoms with Crippen LogP contribution in [0.1, 0.15) is 17.3 Å². The highest BCUT2D eigenvalue weighted by Gasteiger charge is 2.45. The summed E-state index contributed by atoms with van der Waals surface area (Å²) in [5.41, 5.74) is -0.159. The summed E-state index contributed by atoms with van der Waals surface area (Å²) in [7, 11) is 1.35. The average molecular weight is 344 g/mol. The number of ether oxygens (including phenoxy) is 3. The van der Waals surface area contributed by atoms with Gasteiger partial charge in [0.05, 0.1) is 13.7 Å². The van der Waals surface area contributed by atoms with E-state index in [4.69, 9.17) is 14.2 Å². The molecular weight excluding hydrogens is 324 g/mol. The molecule has 9 heteroatoms. The Labute approximate surface area is 137 Å². The summed E-state index contributed by atoms with van der Waals surface area (Å²) in [5.74, 6) is -0.836. The smallest absolute Gasteiger partial charge is 0.229 e. The summed E-state index contributed by atoms with van der Waals surface area (Å²) in [4.78, 5) is 11.7. The molecule has 1 aromatic rings. The molecule has 5 N–H and O–H groups in total. The summed E-state index contributed by atoms with van der Waals surface area (Å²) < 4.78 is 15.6. The molecule has 2 rings (SSSR count). The van der Waals surface area contributed by atoms with Crippen LogP contribution in [0.25, 0.3) is 0 Å². The monoisotopic (exact) mass is 344 g/mol. The first kappa shape index (κ1) is 18.4. The number of ketones is 1. The molecule has 24 heavy (non-hydrogen) atoms. The Balaban J connectivity index is 2.35. The number of hydrogen-bond donors (Lipinski definition) is 5. The summed E-state index contributed by atoms with van der Waals surface area (Å²) >= 11 is 0. The minimum Gasteiger partial charge on any atom is -0.507 e. The molecule has 1 saturated heterocycles. The van der Waals surface area contributed by atoms with Crippen molar-refractivity contribution in [1.82, 2.24) is 0 Å². The van der Waals surface area contributed by atoms with Crippen LogP contribution < -0.4 is 9.47 Å². The molecule has 5 atom stereocenters. The molecule has 0 radical (unpaired) electrons. The predicted octanol–water partition coefficient (Wildman–Crippen LogP) is -1.22. The molecular formula is C15H20O9. The van der Waals surface area contributed by atoms with E-state index in [0.29, 0.717) is 0 Å². The zero-order valence-corrected chi connectivity index (χ0v) is 13.1. The summed E-state index contributed by atoms with van der Waals surface area (Å²) in [5, 5.41) is 48.6. The highest BCUT2D eigenvalue weighted by molar-refractivity contribution is 5.99. The first-order valence-electron chi connectivity index (χ1n) is 7.19. The fourth-order valence-corrected chi connectivity index (χ4v) is 2.43. The number of rotatable bonds is 5. The first-order chi connectivity index (χ1) is 11.3. The number of aliphatic hydroxyl groups excluding tert-OH is 4. The minimum absolute atomic E-state index is 0.135. The largest absolute Gasteiger partial charge is 0.507 e.